The van der Waals surface area contributed by atoms with Crippen LogP contribution in [0.1, 0.15) is 5.56 Å². The Hall–Kier alpha value is -3.32. The summed E-state index contributed by atoms with van der Waals surface area (Å²) in [5.41, 5.74) is 4.05. The van der Waals surface area contributed by atoms with Gasteiger partial charge in [0.05, 0.1) is 36.3 Å². The molecule has 0 fully saturated rings. The Balaban J connectivity index is 1.68. The van der Waals surface area contributed by atoms with E-state index in [4.69, 9.17) is 18.6 Å². The quantitative estimate of drug-likeness (QED) is 0.584. The van der Waals surface area contributed by atoms with Crippen LogP contribution in [0.2, 0.25) is 0 Å². The maximum absolute atomic E-state index is 9.30. The van der Waals surface area contributed by atoms with Gasteiger partial charge in [-0.3, -0.25) is 0 Å². The minimum atomic E-state index is -0.359. The van der Waals surface area contributed by atoms with Crippen molar-refractivity contribution in [2.45, 2.75) is 13.0 Å². The molecular formula is C21H18N2O5. The van der Waals surface area contributed by atoms with Crippen LogP contribution < -0.4 is 14.2 Å². The highest BCUT2D eigenvalue weighted by atomic mass is 16.6. The zero-order valence-corrected chi connectivity index (χ0v) is 15.4. The molecule has 0 saturated heterocycles. The maximum Gasteiger partial charge on any atom is 0.232 e. The lowest BCUT2D eigenvalue weighted by molar-refractivity contribution is 0.0467. The van der Waals surface area contributed by atoms with Crippen molar-refractivity contribution in [3.63, 3.8) is 0 Å². The first kappa shape index (κ1) is 16.8. The van der Waals surface area contributed by atoms with Crippen LogP contribution >= 0.6 is 0 Å². The Bertz CT molecular complexity index is 1200. The third-order valence-electron chi connectivity index (χ3n) is 4.77. The number of nitrogens with zero attached hydrogens (tertiary/aromatic N) is 2. The predicted octanol–water partition coefficient (Wildman–Crippen LogP) is 3.49. The Kier molecular flexibility index (Phi) is 3.84. The van der Waals surface area contributed by atoms with Crippen LogP contribution in [0.3, 0.4) is 0 Å². The second kappa shape index (κ2) is 6.38. The summed E-state index contributed by atoms with van der Waals surface area (Å²) >= 11 is 0. The van der Waals surface area contributed by atoms with Crippen molar-refractivity contribution >= 4 is 22.0 Å². The Morgan fingerprint density at radius 2 is 2.14 bits per heavy atom. The van der Waals surface area contributed by atoms with Gasteiger partial charge < -0.3 is 23.7 Å². The first-order valence-electron chi connectivity index (χ1n) is 8.95. The first-order chi connectivity index (χ1) is 13.7. The molecule has 0 bridgehead atoms. The highest BCUT2D eigenvalue weighted by Gasteiger charge is 2.24. The summed E-state index contributed by atoms with van der Waals surface area (Å²) < 4.78 is 22.9. The summed E-state index contributed by atoms with van der Waals surface area (Å²) in [5, 5.41) is 10.1. The highest BCUT2D eigenvalue weighted by molar-refractivity contribution is 5.96. The molecule has 0 saturated carbocycles. The molecule has 2 aromatic carbocycles. The van der Waals surface area contributed by atoms with E-state index < -0.39 is 0 Å². The number of hydrogen-bond donors (Lipinski definition) is 1. The van der Waals surface area contributed by atoms with E-state index >= 15 is 0 Å². The van der Waals surface area contributed by atoms with Crippen molar-refractivity contribution in [2.75, 3.05) is 20.3 Å². The van der Waals surface area contributed by atoms with Crippen molar-refractivity contribution in [1.82, 2.24) is 9.97 Å². The predicted molar refractivity (Wildman–Crippen MR) is 103 cm³/mol. The normalized spacial score (nSPS) is 15.9. The van der Waals surface area contributed by atoms with E-state index in [0.29, 0.717) is 35.3 Å². The summed E-state index contributed by atoms with van der Waals surface area (Å²) in [5.74, 6) is 2.36. The minimum absolute atomic E-state index is 0.0917. The molecule has 5 rings (SSSR count). The number of benzene rings is 2. The number of aliphatic hydroxyl groups is 1. The van der Waals surface area contributed by atoms with Crippen LogP contribution in [0.25, 0.3) is 33.3 Å². The molecule has 142 valence electrons. The standard InChI is InChI=1S/C21H18N2O5/c1-11-5-13(20-15(6-11)23-19(25-2)8-22-20)18-7-14-16(28-18)3-4-17-21(14)26-10-12(9-24)27-17/h3-8,12,24H,9-10H2,1-2H3/t12-/m0/s1. The summed E-state index contributed by atoms with van der Waals surface area (Å²) in [6.45, 7) is 2.20. The highest BCUT2D eigenvalue weighted by Crippen LogP contribution is 2.42. The van der Waals surface area contributed by atoms with Crippen LogP contribution in [0.5, 0.6) is 17.4 Å². The van der Waals surface area contributed by atoms with Crippen molar-refractivity contribution in [3.05, 3.63) is 42.1 Å². The van der Waals surface area contributed by atoms with Crippen LogP contribution in [0, 0.1) is 6.92 Å². The molecule has 2 aromatic heterocycles. The van der Waals surface area contributed by atoms with Gasteiger partial charge in [-0.1, -0.05) is 0 Å². The summed E-state index contributed by atoms with van der Waals surface area (Å²) in [4.78, 5) is 9.00. The average molecular weight is 378 g/mol. The lowest BCUT2D eigenvalue weighted by Gasteiger charge is -2.25. The van der Waals surface area contributed by atoms with E-state index in [1.807, 2.05) is 31.2 Å². The molecule has 0 spiro atoms. The average Bonchev–Trinajstić information content (AvgIpc) is 3.16. The second-order valence-electron chi connectivity index (χ2n) is 6.74. The van der Waals surface area contributed by atoms with E-state index in [0.717, 1.165) is 27.5 Å². The third-order valence-corrected chi connectivity index (χ3v) is 4.77. The molecule has 1 aliphatic heterocycles. The molecule has 7 heteroatoms. The van der Waals surface area contributed by atoms with Gasteiger partial charge in [-0.2, -0.15) is 0 Å². The smallest absolute Gasteiger partial charge is 0.232 e. The second-order valence-corrected chi connectivity index (χ2v) is 6.74. The summed E-state index contributed by atoms with van der Waals surface area (Å²) in [6, 6.07) is 9.55. The van der Waals surface area contributed by atoms with E-state index in [9.17, 15) is 5.11 Å². The number of aromatic nitrogens is 2. The van der Waals surface area contributed by atoms with Crippen LogP contribution in [0.4, 0.5) is 0 Å². The van der Waals surface area contributed by atoms with Crippen LogP contribution in [-0.2, 0) is 0 Å². The van der Waals surface area contributed by atoms with Crippen molar-refractivity contribution < 1.29 is 23.7 Å². The first-order valence-corrected chi connectivity index (χ1v) is 8.95. The molecule has 4 aromatic rings. The van der Waals surface area contributed by atoms with Crippen LogP contribution in [-0.4, -0.2) is 41.5 Å². The molecule has 3 heterocycles. The summed E-state index contributed by atoms with van der Waals surface area (Å²) in [6.07, 6.45) is 1.24. The maximum atomic E-state index is 9.30. The fourth-order valence-corrected chi connectivity index (χ4v) is 3.45. The number of aryl methyl sites for hydroxylation is 1. The zero-order chi connectivity index (χ0) is 19.3. The third kappa shape index (κ3) is 2.63. The fourth-order valence-electron chi connectivity index (χ4n) is 3.45. The van der Waals surface area contributed by atoms with E-state index in [1.54, 1.807) is 19.4 Å². The van der Waals surface area contributed by atoms with Gasteiger partial charge in [0.1, 0.15) is 18.0 Å². The van der Waals surface area contributed by atoms with Gasteiger partial charge >= 0.3 is 0 Å². The number of aliphatic hydroxyl groups excluding tert-OH is 1. The lowest BCUT2D eigenvalue weighted by atomic mass is 10.1. The molecule has 1 aliphatic rings. The SMILES string of the molecule is COc1cnc2c(-c3cc4c5c(ccc4o3)O[C@@H](CO)CO5)cc(C)cc2n1. The van der Waals surface area contributed by atoms with Gasteiger partial charge in [0.15, 0.2) is 17.6 Å². The van der Waals surface area contributed by atoms with Crippen molar-refractivity contribution in [3.8, 4) is 28.7 Å². The fraction of sp³-hybridized carbons (Fsp3) is 0.238. The molecule has 7 nitrogen and oxygen atoms in total. The topological polar surface area (TPSA) is 86.8 Å². The van der Waals surface area contributed by atoms with Gasteiger partial charge in [-0.15, -0.1) is 0 Å². The Labute approximate surface area is 160 Å². The molecule has 0 unspecified atom stereocenters. The lowest BCUT2D eigenvalue weighted by Crippen LogP contribution is -2.32. The molecule has 0 aliphatic carbocycles. The number of ether oxygens (including phenoxy) is 3. The number of fused-ring (bicyclic) bond motifs is 4. The van der Waals surface area contributed by atoms with Gasteiger partial charge in [0.2, 0.25) is 5.88 Å². The van der Waals surface area contributed by atoms with E-state index in [2.05, 4.69) is 9.97 Å². The van der Waals surface area contributed by atoms with Gasteiger partial charge in [-0.05, 0) is 42.8 Å². The number of methoxy groups -OCH3 is 1. The van der Waals surface area contributed by atoms with E-state index in [-0.39, 0.29) is 12.7 Å². The molecule has 0 amide bonds. The number of rotatable bonds is 3. The monoisotopic (exact) mass is 378 g/mol. The summed E-state index contributed by atoms with van der Waals surface area (Å²) in [7, 11) is 1.57. The minimum Gasteiger partial charge on any atom is -0.485 e. The molecule has 0 radical (unpaired) electrons. The molecule has 1 atom stereocenters. The van der Waals surface area contributed by atoms with Gasteiger partial charge in [0.25, 0.3) is 0 Å². The molecular weight excluding hydrogens is 360 g/mol. The molecule has 1 N–H and O–H groups in total. The number of hydrogen-bond acceptors (Lipinski definition) is 7. The van der Waals surface area contributed by atoms with Gasteiger partial charge in [0, 0.05) is 5.56 Å². The van der Waals surface area contributed by atoms with Crippen LogP contribution in [0.15, 0.2) is 40.9 Å². The Morgan fingerprint density at radius 3 is 2.96 bits per heavy atom. The zero-order valence-electron chi connectivity index (χ0n) is 15.4. The molecule has 28 heavy (non-hydrogen) atoms. The van der Waals surface area contributed by atoms with Gasteiger partial charge in [-0.25, -0.2) is 9.97 Å². The number of furan rings is 1. The Morgan fingerprint density at radius 1 is 1.25 bits per heavy atom. The van der Waals surface area contributed by atoms with E-state index in [1.165, 1.54) is 0 Å². The van der Waals surface area contributed by atoms with Crippen molar-refractivity contribution in [1.29, 1.82) is 0 Å². The largest absolute Gasteiger partial charge is 0.485 e. The van der Waals surface area contributed by atoms with Crippen molar-refractivity contribution in [2.24, 2.45) is 0 Å².